The molecule has 1 aromatic rings. The molecule has 3 unspecified atom stereocenters. The predicted molar refractivity (Wildman–Crippen MR) is 110 cm³/mol. The lowest BCUT2D eigenvalue weighted by molar-refractivity contribution is -0.141. The van der Waals surface area contributed by atoms with E-state index in [1.54, 1.807) is 0 Å². The second-order valence-corrected chi connectivity index (χ2v) is 8.79. The topological polar surface area (TPSA) is 57.3 Å². The summed E-state index contributed by atoms with van der Waals surface area (Å²) < 4.78 is 23.0. The number of esters is 1. The molecule has 2 saturated carbocycles. The molecule has 3 fully saturated rings. The summed E-state index contributed by atoms with van der Waals surface area (Å²) >= 11 is 0. The van der Waals surface area contributed by atoms with Gasteiger partial charge in [-0.05, 0) is 81.5 Å². The molecule has 1 aliphatic heterocycles. The van der Waals surface area contributed by atoms with Gasteiger partial charge in [0.2, 0.25) is 0 Å². The number of fused-ring (bicyclic) bond motifs is 1. The quantitative estimate of drug-likeness (QED) is 0.254. The average Bonchev–Trinajstić information content (AvgIpc) is 3.53. The lowest BCUT2D eigenvalue weighted by Gasteiger charge is -2.29. The van der Waals surface area contributed by atoms with Crippen molar-refractivity contribution in [1.29, 1.82) is 0 Å². The first kappa shape index (κ1) is 20.7. The molecule has 1 heterocycles. The molecule has 2 aliphatic carbocycles. The van der Waals surface area contributed by atoms with Gasteiger partial charge in [-0.25, -0.2) is 0 Å². The Morgan fingerprint density at radius 3 is 2.48 bits per heavy atom. The largest absolute Gasteiger partial charge is 0.494 e. The maximum atomic E-state index is 12.5. The second kappa shape index (κ2) is 9.94. The van der Waals surface area contributed by atoms with Crippen LogP contribution in [-0.2, 0) is 14.3 Å². The minimum absolute atomic E-state index is 0.0226. The van der Waals surface area contributed by atoms with Crippen LogP contribution in [0.4, 0.5) is 0 Å². The Morgan fingerprint density at radius 1 is 1.00 bits per heavy atom. The summed E-state index contributed by atoms with van der Waals surface area (Å²) in [5, 5.41) is 0. The Labute approximate surface area is 174 Å². The molecule has 5 heteroatoms. The SMILES string of the molecule is CCCCOc1ccc(OC(=O)C2CCC(OCC3CCC4OC4C3)CC2)cc1. The number of carbonyl (C=O) groups is 1. The van der Waals surface area contributed by atoms with Crippen molar-refractivity contribution in [2.45, 2.75) is 83.0 Å². The molecule has 0 spiro atoms. The smallest absolute Gasteiger partial charge is 0.314 e. The van der Waals surface area contributed by atoms with Crippen LogP contribution in [0.2, 0.25) is 0 Å². The van der Waals surface area contributed by atoms with Gasteiger partial charge in [-0.1, -0.05) is 13.3 Å². The molecule has 29 heavy (non-hydrogen) atoms. The number of hydrogen-bond donors (Lipinski definition) is 0. The molecule has 0 bridgehead atoms. The summed E-state index contributed by atoms with van der Waals surface area (Å²) in [7, 11) is 0. The highest BCUT2D eigenvalue weighted by Crippen LogP contribution is 2.40. The maximum Gasteiger partial charge on any atom is 0.314 e. The minimum atomic E-state index is -0.118. The molecule has 1 saturated heterocycles. The third kappa shape index (κ3) is 5.95. The number of rotatable bonds is 9. The lowest BCUT2D eigenvalue weighted by Crippen LogP contribution is -2.30. The van der Waals surface area contributed by atoms with E-state index in [0.29, 0.717) is 23.9 Å². The molecule has 5 nitrogen and oxygen atoms in total. The van der Waals surface area contributed by atoms with E-state index in [1.165, 1.54) is 12.8 Å². The molecule has 3 aliphatic rings. The van der Waals surface area contributed by atoms with Gasteiger partial charge in [-0.15, -0.1) is 0 Å². The third-order valence-electron chi connectivity index (χ3n) is 6.50. The zero-order valence-electron chi connectivity index (χ0n) is 17.5. The molecule has 1 aromatic carbocycles. The van der Waals surface area contributed by atoms with E-state index < -0.39 is 0 Å². The first-order valence-electron chi connectivity index (χ1n) is 11.4. The van der Waals surface area contributed by atoms with Crippen molar-refractivity contribution in [3.63, 3.8) is 0 Å². The molecule has 0 aromatic heterocycles. The van der Waals surface area contributed by atoms with Crippen LogP contribution in [-0.4, -0.2) is 37.5 Å². The molecule has 4 rings (SSSR count). The van der Waals surface area contributed by atoms with Gasteiger partial charge in [-0.3, -0.25) is 4.79 Å². The fraction of sp³-hybridized carbons (Fsp3) is 0.708. The van der Waals surface area contributed by atoms with Gasteiger partial charge in [-0.2, -0.15) is 0 Å². The molecular formula is C24H34O5. The normalized spacial score (nSPS) is 31.0. The first-order chi connectivity index (χ1) is 14.2. The van der Waals surface area contributed by atoms with Crippen molar-refractivity contribution in [2.24, 2.45) is 11.8 Å². The molecule has 3 atom stereocenters. The zero-order chi connectivity index (χ0) is 20.1. The summed E-state index contributed by atoms with van der Waals surface area (Å²) in [5.74, 6) is 1.92. The Bertz CT molecular complexity index is 650. The summed E-state index contributed by atoms with van der Waals surface area (Å²) in [6, 6.07) is 7.35. The van der Waals surface area contributed by atoms with Gasteiger partial charge < -0.3 is 18.9 Å². The van der Waals surface area contributed by atoms with Crippen molar-refractivity contribution in [2.75, 3.05) is 13.2 Å². The molecule has 0 N–H and O–H groups in total. The van der Waals surface area contributed by atoms with Gasteiger partial charge in [0.1, 0.15) is 11.5 Å². The van der Waals surface area contributed by atoms with E-state index in [2.05, 4.69) is 6.92 Å². The Balaban J connectivity index is 1.14. The summed E-state index contributed by atoms with van der Waals surface area (Å²) in [5.41, 5.74) is 0. The van der Waals surface area contributed by atoms with Gasteiger partial charge >= 0.3 is 5.97 Å². The fourth-order valence-corrected chi connectivity index (χ4v) is 4.51. The van der Waals surface area contributed by atoms with E-state index in [9.17, 15) is 4.79 Å². The van der Waals surface area contributed by atoms with Gasteiger partial charge in [0.25, 0.3) is 0 Å². The van der Waals surface area contributed by atoms with Gasteiger partial charge in [0.15, 0.2) is 0 Å². The fourth-order valence-electron chi connectivity index (χ4n) is 4.51. The van der Waals surface area contributed by atoms with E-state index in [-0.39, 0.29) is 18.0 Å². The van der Waals surface area contributed by atoms with E-state index >= 15 is 0 Å². The minimum Gasteiger partial charge on any atom is -0.494 e. The van der Waals surface area contributed by atoms with Crippen LogP contribution in [0.5, 0.6) is 11.5 Å². The number of ether oxygens (including phenoxy) is 4. The van der Waals surface area contributed by atoms with Gasteiger partial charge in [0.05, 0.1) is 30.8 Å². The second-order valence-electron chi connectivity index (χ2n) is 8.79. The number of carbonyl (C=O) groups excluding carboxylic acids is 1. The maximum absolute atomic E-state index is 12.5. The number of benzene rings is 1. The molecular weight excluding hydrogens is 368 g/mol. The van der Waals surface area contributed by atoms with Crippen molar-refractivity contribution in [3.05, 3.63) is 24.3 Å². The van der Waals surface area contributed by atoms with Crippen LogP contribution in [0.25, 0.3) is 0 Å². The summed E-state index contributed by atoms with van der Waals surface area (Å²) in [4.78, 5) is 12.5. The van der Waals surface area contributed by atoms with Crippen LogP contribution < -0.4 is 9.47 Å². The van der Waals surface area contributed by atoms with Crippen LogP contribution in [0.15, 0.2) is 24.3 Å². The van der Waals surface area contributed by atoms with Crippen molar-refractivity contribution in [1.82, 2.24) is 0 Å². The molecule has 160 valence electrons. The Hall–Kier alpha value is -1.59. The van der Waals surface area contributed by atoms with E-state index in [1.807, 2.05) is 24.3 Å². The lowest BCUT2D eigenvalue weighted by atomic mass is 9.87. The number of epoxide rings is 1. The monoisotopic (exact) mass is 402 g/mol. The highest BCUT2D eigenvalue weighted by molar-refractivity contribution is 5.75. The van der Waals surface area contributed by atoms with E-state index in [0.717, 1.165) is 63.9 Å². The highest BCUT2D eigenvalue weighted by atomic mass is 16.6. The van der Waals surface area contributed by atoms with Crippen molar-refractivity contribution >= 4 is 5.97 Å². The highest BCUT2D eigenvalue weighted by Gasteiger charge is 2.44. The number of hydrogen-bond acceptors (Lipinski definition) is 5. The standard InChI is InChI=1S/C24H34O5/c1-2-3-14-26-19-9-11-21(12-10-19)28-24(25)18-5-7-20(8-6-18)27-16-17-4-13-22-23(15-17)29-22/h9-12,17-18,20,22-23H,2-8,13-16H2,1H3. The summed E-state index contributed by atoms with van der Waals surface area (Å²) in [6.45, 7) is 3.70. The van der Waals surface area contributed by atoms with Crippen LogP contribution >= 0.6 is 0 Å². The Kier molecular flexibility index (Phi) is 7.09. The van der Waals surface area contributed by atoms with E-state index in [4.69, 9.17) is 18.9 Å². The summed E-state index contributed by atoms with van der Waals surface area (Å²) in [6.07, 6.45) is 10.7. The van der Waals surface area contributed by atoms with Crippen LogP contribution in [0, 0.1) is 11.8 Å². The van der Waals surface area contributed by atoms with Gasteiger partial charge in [0, 0.05) is 6.61 Å². The third-order valence-corrected chi connectivity index (χ3v) is 6.50. The average molecular weight is 403 g/mol. The zero-order valence-corrected chi connectivity index (χ0v) is 17.5. The van der Waals surface area contributed by atoms with Crippen LogP contribution in [0.1, 0.15) is 64.7 Å². The Morgan fingerprint density at radius 2 is 1.76 bits per heavy atom. The van der Waals surface area contributed by atoms with Crippen molar-refractivity contribution in [3.8, 4) is 11.5 Å². The number of unbranched alkanes of at least 4 members (excludes halogenated alkanes) is 1. The molecule has 0 amide bonds. The predicted octanol–water partition coefficient (Wildman–Crippen LogP) is 4.91. The molecule has 0 radical (unpaired) electrons. The van der Waals surface area contributed by atoms with Crippen LogP contribution in [0.3, 0.4) is 0 Å². The first-order valence-corrected chi connectivity index (χ1v) is 11.4. The van der Waals surface area contributed by atoms with Crippen molar-refractivity contribution < 1.29 is 23.7 Å².